The first-order chi connectivity index (χ1) is 9.49. The fourth-order valence-corrected chi connectivity index (χ4v) is 2.29. The van der Waals surface area contributed by atoms with Crippen molar-refractivity contribution in [1.29, 1.82) is 0 Å². The maximum atomic E-state index is 13.9. The molecule has 1 aromatic heterocycles. The number of amidine groups is 1. The monoisotopic (exact) mass is 369 g/mol. The Bertz CT molecular complexity index is 607. The molecule has 2 rings (SSSR count). The van der Waals surface area contributed by atoms with E-state index < -0.39 is 35.6 Å². The molecule has 2 N–H and O–H groups in total. The lowest BCUT2D eigenvalue weighted by molar-refractivity contribution is -0.249. The van der Waals surface area contributed by atoms with Gasteiger partial charge in [0.15, 0.2) is 0 Å². The molecule has 0 amide bonds. The van der Waals surface area contributed by atoms with E-state index in [1.165, 1.54) is 13.0 Å². The van der Waals surface area contributed by atoms with E-state index >= 15 is 0 Å². The van der Waals surface area contributed by atoms with Crippen molar-refractivity contribution in [3.05, 3.63) is 28.2 Å². The maximum absolute atomic E-state index is 13.9. The van der Waals surface area contributed by atoms with Crippen LogP contribution in [0.5, 0.6) is 0 Å². The average molecular weight is 370 g/mol. The lowest BCUT2D eigenvalue weighted by Gasteiger charge is -2.40. The van der Waals surface area contributed by atoms with E-state index in [0.717, 1.165) is 13.1 Å². The third-order valence-electron chi connectivity index (χ3n) is 3.44. The Morgan fingerprint density at radius 3 is 2.52 bits per heavy atom. The predicted molar refractivity (Wildman–Crippen MR) is 71.3 cm³/mol. The molecule has 21 heavy (non-hydrogen) atoms. The lowest BCUT2D eigenvalue weighted by Crippen LogP contribution is -2.60. The number of aliphatic imine (C=N–C) groups is 1. The Kier molecular flexibility index (Phi) is 3.78. The van der Waals surface area contributed by atoms with Gasteiger partial charge < -0.3 is 10.5 Å². The summed E-state index contributed by atoms with van der Waals surface area (Å²) in [5.74, 6) is -1.44. The molecule has 2 heterocycles. The van der Waals surface area contributed by atoms with Crippen LogP contribution in [0.3, 0.4) is 0 Å². The van der Waals surface area contributed by atoms with E-state index in [0.29, 0.717) is 4.60 Å². The van der Waals surface area contributed by atoms with Gasteiger partial charge in [-0.15, -0.1) is 0 Å². The molecule has 0 saturated carbocycles. The zero-order valence-corrected chi connectivity index (χ0v) is 12.7. The molecule has 9 heteroatoms. The minimum absolute atomic E-state index is 0.0524. The second-order valence-corrected chi connectivity index (χ2v) is 5.89. The summed E-state index contributed by atoms with van der Waals surface area (Å²) >= 11 is 3.08. The highest BCUT2D eigenvalue weighted by Crippen LogP contribution is 2.41. The van der Waals surface area contributed by atoms with Gasteiger partial charge in [-0.1, -0.05) is 0 Å². The van der Waals surface area contributed by atoms with Crippen LogP contribution in [0.4, 0.5) is 17.6 Å². The number of pyridine rings is 1. The quantitative estimate of drug-likeness (QED) is 0.611. The van der Waals surface area contributed by atoms with Gasteiger partial charge >= 0.3 is 6.18 Å². The van der Waals surface area contributed by atoms with Crippen LogP contribution in [0.1, 0.15) is 19.4 Å². The Morgan fingerprint density at radius 1 is 1.38 bits per heavy atom. The van der Waals surface area contributed by atoms with E-state index in [-0.39, 0.29) is 5.56 Å². The highest BCUT2D eigenvalue weighted by Gasteiger charge is 2.59. The number of ether oxygens (including phenoxy) is 1. The van der Waals surface area contributed by atoms with Gasteiger partial charge in [-0.3, -0.25) is 4.99 Å². The third-order valence-corrected chi connectivity index (χ3v) is 3.87. The number of aromatic nitrogens is 1. The van der Waals surface area contributed by atoms with Crippen LogP contribution in [0.15, 0.2) is 21.9 Å². The minimum Gasteiger partial charge on any atom is -0.385 e. The highest BCUT2D eigenvalue weighted by molar-refractivity contribution is 9.10. The van der Waals surface area contributed by atoms with Gasteiger partial charge in [0.2, 0.25) is 5.60 Å². The van der Waals surface area contributed by atoms with E-state index in [2.05, 4.69) is 25.9 Å². The van der Waals surface area contributed by atoms with Crippen LogP contribution >= 0.6 is 15.9 Å². The number of alkyl halides is 3. The molecule has 0 fully saturated rings. The standard InChI is InChI=1S/C12H12BrF4N3O/c1-10(6-3-8(13)19-4-7(6)14)5-21-11(2,9(18)20-10)12(15,16)17/h3-4H,5H2,1-2H3,(H2,18,20)/t10-,11+/m0/s1. The highest BCUT2D eigenvalue weighted by atomic mass is 79.9. The van der Waals surface area contributed by atoms with Crippen molar-refractivity contribution >= 4 is 21.8 Å². The molecule has 1 aliphatic rings. The minimum atomic E-state index is -4.71. The van der Waals surface area contributed by atoms with E-state index in [1.807, 2.05) is 0 Å². The van der Waals surface area contributed by atoms with Gasteiger partial charge in [0.1, 0.15) is 21.8 Å². The topological polar surface area (TPSA) is 60.5 Å². The lowest BCUT2D eigenvalue weighted by atomic mass is 9.90. The SMILES string of the molecule is C[C@@]1(c2cc(Br)ncc2F)CO[C@@](C)(C(F)(F)F)C(N)=N1. The molecule has 4 nitrogen and oxygen atoms in total. The fourth-order valence-electron chi connectivity index (χ4n) is 1.95. The van der Waals surface area contributed by atoms with Crippen LogP contribution in [-0.2, 0) is 10.3 Å². The summed E-state index contributed by atoms with van der Waals surface area (Å²) in [6.45, 7) is 1.78. The molecule has 0 unspecified atom stereocenters. The second-order valence-electron chi connectivity index (χ2n) is 5.08. The molecule has 0 aromatic carbocycles. The number of nitrogens with two attached hydrogens (primary N) is 1. The first-order valence-electron chi connectivity index (χ1n) is 5.87. The van der Waals surface area contributed by atoms with E-state index in [9.17, 15) is 17.6 Å². The van der Waals surface area contributed by atoms with Gasteiger partial charge in [-0.25, -0.2) is 9.37 Å². The van der Waals surface area contributed by atoms with Crippen LogP contribution in [-0.4, -0.2) is 29.2 Å². The Balaban J connectivity index is 2.51. The molecule has 0 radical (unpaired) electrons. The van der Waals surface area contributed by atoms with Crippen LogP contribution in [0.25, 0.3) is 0 Å². The summed E-state index contributed by atoms with van der Waals surface area (Å²) in [4.78, 5) is 7.56. The molecule has 0 spiro atoms. The number of nitrogens with zero attached hydrogens (tertiary/aromatic N) is 2. The Hall–Kier alpha value is -1.22. The predicted octanol–water partition coefficient (Wildman–Crippen LogP) is 2.91. The number of rotatable bonds is 1. The van der Waals surface area contributed by atoms with E-state index in [1.54, 1.807) is 0 Å². The molecule has 1 aromatic rings. The van der Waals surface area contributed by atoms with Crippen LogP contribution in [0, 0.1) is 5.82 Å². The molecule has 0 aliphatic carbocycles. The smallest absolute Gasteiger partial charge is 0.385 e. The van der Waals surface area contributed by atoms with Gasteiger partial charge in [0.05, 0.1) is 12.8 Å². The van der Waals surface area contributed by atoms with Gasteiger partial charge in [0.25, 0.3) is 0 Å². The average Bonchev–Trinajstić information content (AvgIpc) is 2.36. The van der Waals surface area contributed by atoms with Crippen molar-refractivity contribution in [2.24, 2.45) is 10.7 Å². The fraction of sp³-hybridized carbons (Fsp3) is 0.500. The van der Waals surface area contributed by atoms with Crippen LogP contribution < -0.4 is 5.73 Å². The van der Waals surface area contributed by atoms with Crippen molar-refractivity contribution < 1.29 is 22.3 Å². The summed E-state index contributed by atoms with van der Waals surface area (Å²) in [7, 11) is 0. The second kappa shape index (κ2) is 4.91. The maximum Gasteiger partial charge on any atom is 0.424 e. The van der Waals surface area contributed by atoms with Crippen molar-refractivity contribution in [2.75, 3.05) is 6.61 Å². The Labute approximate surface area is 126 Å². The first-order valence-corrected chi connectivity index (χ1v) is 6.67. The first kappa shape index (κ1) is 16.2. The van der Waals surface area contributed by atoms with Crippen molar-refractivity contribution in [2.45, 2.75) is 31.2 Å². The Morgan fingerprint density at radius 2 is 2.00 bits per heavy atom. The number of halogens is 5. The van der Waals surface area contributed by atoms with Crippen molar-refractivity contribution in [1.82, 2.24) is 4.98 Å². The molecule has 1 aliphatic heterocycles. The third kappa shape index (κ3) is 2.64. The molecule has 0 bridgehead atoms. The molecular weight excluding hydrogens is 358 g/mol. The number of hydrogen-bond donors (Lipinski definition) is 1. The molecule has 0 saturated heterocycles. The summed E-state index contributed by atoms with van der Waals surface area (Å²) in [5, 5.41) is 0. The van der Waals surface area contributed by atoms with Gasteiger partial charge in [0, 0.05) is 5.56 Å². The summed E-state index contributed by atoms with van der Waals surface area (Å²) in [5.41, 5.74) is 1.48. The molecular formula is C12H12BrF4N3O. The van der Waals surface area contributed by atoms with Gasteiger partial charge in [-0.2, -0.15) is 13.2 Å². The summed E-state index contributed by atoms with van der Waals surface area (Å²) in [6, 6.07) is 1.34. The summed E-state index contributed by atoms with van der Waals surface area (Å²) < 4.78 is 58.1. The zero-order chi connectivity index (χ0) is 16.1. The number of hydrogen-bond acceptors (Lipinski definition) is 4. The zero-order valence-electron chi connectivity index (χ0n) is 11.1. The normalized spacial score (nSPS) is 30.1. The molecule has 2 atom stereocenters. The largest absolute Gasteiger partial charge is 0.424 e. The van der Waals surface area contributed by atoms with Crippen molar-refractivity contribution in [3.63, 3.8) is 0 Å². The van der Waals surface area contributed by atoms with Crippen LogP contribution in [0.2, 0.25) is 0 Å². The summed E-state index contributed by atoms with van der Waals surface area (Å²) in [6.07, 6.45) is -3.76. The van der Waals surface area contributed by atoms with Crippen molar-refractivity contribution in [3.8, 4) is 0 Å². The van der Waals surface area contributed by atoms with E-state index in [4.69, 9.17) is 10.5 Å². The van der Waals surface area contributed by atoms with Gasteiger partial charge in [-0.05, 0) is 35.8 Å². The molecule has 116 valence electrons.